The maximum atomic E-state index is 11.8. The Morgan fingerprint density at radius 2 is 1.96 bits per heavy atom. The molecule has 23 heavy (non-hydrogen) atoms. The summed E-state index contributed by atoms with van der Waals surface area (Å²) in [6.45, 7) is 1.30. The van der Waals surface area contributed by atoms with Crippen LogP contribution >= 0.6 is 0 Å². The molecule has 0 heterocycles. The van der Waals surface area contributed by atoms with Crippen LogP contribution in [0.3, 0.4) is 0 Å². The largest absolute Gasteiger partial charge is 0.378 e. The lowest BCUT2D eigenvalue weighted by Crippen LogP contribution is -2.30. The van der Waals surface area contributed by atoms with Crippen LogP contribution in [-0.4, -0.2) is 25.3 Å². The number of hydrogen-bond donors (Lipinski definition) is 2. The van der Waals surface area contributed by atoms with E-state index < -0.39 is 0 Å². The normalized spacial score (nSPS) is 14.9. The van der Waals surface area contributed by atoms with Crippen molar-refractivity contribution in [3.8, 4) is 6.07 Å². The van der Waals surface area contributed by atoms with E-state index in [4.69, 9.17) is 10.00 Å². The number of nitrogens with zero attached hydrogens (tertiary/aromatic N) is 1. The summed E-state index contributed by atoms with van der Waals surface area (Å²) in [4.78, 5) is 11.8. The first-order chi connectivity index (χ1) is 11.3. The van der Waals surface area contributed by atoms with Crippen LogP contribution in [0, 0.1) is 11.3 Å². The SMILES string of the molecule is N#CCc1ccc(NC(=O)NCCCOC2CCCCC2)cc1. The fourth-order valence-corrected chi connectivity index (χ4v) is 2.73. The molecule has 1 aliphatic rings. The molecule has 0 saturated heterocycles. The molecule has 0 unspecified atom stereocenters. The van der Waals surface area contributed by atoms with Gasteiger partial charge in [-0.2, -0.15) is 5.26 Å². The summed E-state index contributed by atoms with van der Waals surface area (Å²) in [5, 5.41) is 14.2. The minimum absolute atomic E-state index is 0.212. The first kappa shape index (κ1) is 17.3. The van der Waals surface area contributed by atoms with E-state index in [1.54, 1.807) is 12.1 Å². The van der Waals surface area contributed by atoms with E-state index in [1.807, 2.05) is 12.1 Å². The van der Waals surface area contributed by atoms with Crippen LogP contribution in [0.2, 0.25) is 0 Å². The molecular formula is C18H25N3O2. The summed E-state index contributed by atoms with van der Waals surface area (Å²) in [5.74, 6) is 0. The quantitative estimate of drug-likeness (QED) is 0.755. The molecule has 0 bridgehead atoms. The van der Waals surface area contributed by atoms with Gasteiger partial charge in [-0.15, -0.1) is 0 Å². The van der Waals surface area contributed by atoms with Gasteiger partial charge in [0.1, 0.15) is 0 Å². The Morgan fingerprint density at radius 1 is 1.22 bits per heavy atom. The third kappa shape index (κ3) is 6.70. The van der Waals surface area contributed by atoms with E-state index in [1.165, 1.54) is 32.1 Å². The van der Waals surface area contributed by atoms with Crippen LogP contribution < -0.4 is 10.6 Å². The van der Waals surface area contributed by atoms with Crippen molar-refractivity contribution in [2.75, 3.05) is 18.5 Å². The second-order valence-corrected chi connectivity index (χ2v) is 5.90. The van der Waals surface area contributed by atoms with Gasteiger partial charge in [0, 0.05) is 18.8 Å². The lowest BCUT2D eigenvalue weighted by Gasteiger charge is -2.21. The minimum atomic E-state index is -0.212. The smallest absolute Gasteiger partial charge is 0.319 e. The Balaban J connectivity index is 1.56. The Hall–Kier alpha value is -2.06. The van der Waals surface area contributed by atoms with E-state index in [0.29, 0.717) is 25.7 Å². The predicted molar refractivity (Wildman–Crippen MR) is 90.2 cm³/mol. The molecule has 0 atom stereocenters. The molecule has 2 amide bonds. The fraction of sp³-hybridized carbons (Fsp3) is 0.556. The number of rotatable bonds is 7. The highest BCUT2D eigenvalue weighted by atomic mass is 16.5. The zero-order valence-corrected chi connectivity index (χ0v) is 13.5. The van der Waals surface area contributed by atoms with E-state index in [-0.39, 0.29) is 6.03 Å². The van der Waals surface area contributed by atoms with E-state index in [2.05, 4.69) is 16.7 Å². The Kier molecular flexibility index (Phi) is 7.41. The molecule has 5 nitrogen and oxygen atoms in total. The second-order valence-electron chi connectivity index (χ2n) is 5.90. The number of carbonyl (C=O) groups is 1. The molecule has 1 saturated carbocycles. The molecule has 0 radical (unpaired) electrons. The molecule has 1 aromatic carbocycles. The molecular weight excluding hydrogens is 290 g/mol. The highest BCUT2D eigenvalue weighted by molar-refractivity contribution is 5.89. The van der Waals surface area contributed by atoms with Crippen LogP contribution in [0.5, 0.6) is 0 Å². The number of urea groups is 1. The third-order valence-electron chi connectivity index (χ3n) is 4.01. The zero-order chi connectivity index (χ0) is 16.3. The molecule has 2 N–H and O–H groups in total. The summed E-state index contributed by atoms with van der Waals surface area (Å²) in [5.41, 5.74) is 1.67. The maximum Gasteiger partial charge on any atom is 0.319 e. The summed E-state index contributed by atoms with van der Waals surface area (Å²) < 4.78 is 5.82. The van der Waals surface area contributed by atoms with Crippen molar-refractivity contribution in [2.24, 2.45) is 0 Å². The number of carbonyl (C=O) groups excluding carboxylic acids is 1. The van der Waals surface area contributed by atoms with Gasteiger partial charge >= 0.3 is 6.03 Å². The van der Waals surface area contributed by atoms with Crippen molar-refractivity contribution in [3.05, 3.63) is 29.8 Å². The van der Waals surface area contributed by atoms with Crippen molar-refractivity contribution in [1.29, 1.82) is 5.26 Å². The van der Waals surface area contributed by atoms with Gasteiger partial charge in [-0.05, 0) is 37.0 Å². The Morgan fingerprint density at radius 3 is 2.65 bits per heavy atom. The number of benzene rings is 1. The Labute approximate surface area is 138 Å². The zero-order valence-electron chi connectivity index (χ0n) is 13.5. The van der Waals surface area contributed by atoms with Crippen molar-refractivity contribution in [1.82, 2.24) is 5.32 Å². The Bertz CT molecular complexity index is 516. The van der Waals surface area contributed by atoms with E-state index in [9.17, 15) is 4.79 Å². The summed E-state index contributed by atoms with van der Waals surface area (Å²) >= 11 is 0. The van der Waals surface area contributed by atoms with Gasteiger partial charge in [-0.25, -0.2) is 4.79 Å². The highest BCUT2D eigenvalue weighted by Gasteiger charge is 2.13. The molecule has 0 aliphatic heterocycles. The van der Waals surface area contributed by atoms with E-state index in [0.717, 1.165) is 17.7 Å². The minimum Gasteiger partial charge on any atom is -0.378 e. The molecule has 124 valence electrons. The van der Waals surface area contributed by atoms with Gasteiger partial charge in [0.05, 0.1) is 18.6 Å². The number of hydrogen-bond acceptors (Lipinski definition) is 3. The van der Waals surface area contributed by atoms with Gasteiger partial charge in [0.2, 0.25) is 0 Å². The second kappa shape index (κ2) is 9.86. The first-order valence-corrected chi connectivity index (χ1v) is 8.40. The van der Waals surface area contributed by atoms with Gasteiger partial charge in [0.25, 0.3) is 0 Å². The number of nitriles is 1. The van der Waals surface area contributed by atoms with Crippen molar-refractivity contribution >= 4 is 11.7 Å². The van der Waals surface area contributed by atoms with Crippen LogP contribution in [0.1, 0.15) is 44.1 Å². The molecule has 1 fully saturated rings. The summed E-state index contributed by atoms with van der Waals surface area (Å²) in [7, 11) is 0. The molecule has 5 heteroatoms. The molecule has 1 aromatic rings. The summed E-state index contributed by atoms with van der Waals surface area (Å²) in [6, 6.07) is 9.18. The lowest BCUT2D eigenvalue weighted by molar-refractivity contribution is 0.0276. The monoisotopic (exact) mass is 315 g/mol. The van der Waals surface area contributed by atoms with Crippen LogP contribution in [0.25, 0.3) is 0 Å². The van der Waals surface area contributed by atoms with Gasteiger partial charge in [0.15, 0.2) is 0 Å². The summed E-state index contributed by atoms with van der Waals surface area (Å²) in [6.07, 6.45) is 7.87. The third-order valence-corrected chi connectivity index (χ3v) is 4.01. The molecule has 1 aliphatic carbocycles. The van der Waals surface area contributed by atoms with Crippen LogP contribution in [0.4, 0.5) is 10.5 Å². The average molecular weight is 315 g/mol. The standard InChI is InChI=1S/C18H25N3O2/c19-12-11-15-7-9-16(10-8-15)21-18(22)20-13-4-14-23-17-5-2-1-3-6-17/h7-10,17H,1-6,11,13-14H2,(H2,20,21,22). The number of amides is 2. The van der Waals surface area contributed by atoms with Crippen molar-refractivity contribution in [2.45, 2.75) is 51.0 Å². The number of anilines is 1. The van der Waals surface area contributed by atoms with Crippen LogP contribution in [0.15, 0.2) is 24.3 Å². The molecule has 2 rings (SSSR count). The number of nitrogens with one attached hydrogen (secondary N) is 2. The lowest BCUT2D eigenvalue weighted by atomic mass is 9.98. The topological polar surface area (TPSA) is 74.2 Å². The molecule has 0 spiro atoms. The first-order valence-electron chi connectivity index (χ1n) is 8.40. The maximum absolute atomic E-state index is 11.8. The van der Waals surface area contributed by atoms with Gasteiger partial charge in [-0.3, -0.25) is 0 Å². The fourth-order valence-electron chi connectivity index (χ4n) is 2.73. The van der Waals surface area contributed by atoms with Crippen molar-refractivity contribution in [3.63, 3.8) is 0 Å². The average Bonchev–Trinajstić information content (AvgIpc) is 2.57. The van der Waals surface area contributed by atoms with E-state index >= 15 is 0 Å². The van der Waals surface area contributed by atoms with Crippen molar-refractivity contribution < 1.29 is 9.53 Å². The van der Waals surface area contributed by atoms with Gasteiger partial charge < -0.3 is 15.4 Å². The van der Waals surface area contributed by atoms with Gasteiger partial charge in [-0.1, -0.05) is 31.4 Å². The highest BCUT2D eigenvalue weighted by Crippen LogP contribution is 2.20. The predicted octanol–water partition coefficient (Wildman–Crippen LogP) is 3.61. The van der Waals surface area contributed by atoms with Crippen LogP contribution in [-0.2, 0) is 11.2 Å². The molecule has 0 aromatic heterocycles. The number of ether oxygens (including phenoxy) is 1.